The third-order valence-corrected chi connectivity index (χ3v) is 3.65. The van der Waals surface area contributed by atoms with Gasteiger partial charge in [0, 0.05) is 31.2 Å². The number of aliphatic hydroxyl groups excluding tert-OH is 1. The molecule has 2 rings (SSSR count). The van der Waals surface area contributed by atoms with E-state index in [1.54, 1.807) is 0 Å². The highest BCUT2D eigenvalue weighted by Gasteiger charge is 2.17. The first-order chi connectivity index (χ1) is 9.72. The van der Waals surface area contributed by atoms with Gasteiger partial charge in [-0.3, -0.25) is 0 Å². The average Bonchev–Trinajstić information content (AvgIpc) is 2.68. The molecule has 0 aromatic heterocycles. The van der Waals surface area contributed by atoms with E-state index in [0.29, 0.717) is 25.2 Å². The van der Waals surface area contributed by atoms with Crippen LogP contribution >= 0.6 is 0 Å². The Bertz CT molecular complexity index is 420. The lowest BCUT2D eigenvalue weighted by atomic mass is 10.0. The van der Waals surface area contributed by atoms with Crippen molar-refractivity contribution < 1.29 is 14.6 Å². The third-order valence-electron chi connectivity index (χ3n) is 3.65. The topological polar surface area (TPSA) is 50.7 Å². The standard InChI is InChI=1S/C16H25NO3/c1-12(2)14(7-8-18)17-11-13-5-3-6-15-16(13)20-10-4-9-19-15/h3,5-6,12,14,17-18H,4,7-11H2,1-2H3. The van der Waals surface area contributed by atoms with Gasteiger partial charge in [-0.05, 0) is 18.4 Å². The van der Waals surface area contributed by atoms with Crippen molar-refractivity contribution in [2.24, 2.45) is 5.92 Å². The number of nitrogens with one attached hydrogen (secondary N) is 1. The summed E-state index contributed by atoms with van der Waals surface area (Å²) in [6, 6.07) is 6.33. The summed E-state index contributed by atoms with van der Waals surface area (Å²) < 4.78 is 11.5. The molecule has 0 saturated heterocycles. The predicted molar refractivity (Wildman–Crippen MR) is 79.2 cm³/mol. The molecule has 2 N–H and O–H groups in total. The van der Waals surface area contributed by atoms with Gasteiger partial charge in [-0.1, -0.05) is 26.0 Å². The maximum atomic E-state index is 9.13. The van der Waals surface area contributed by atoms with E-state index in [9.17, 15) is 0 Å². The fourth-order valence-electron chi connectivity index (χ4n) is 2.44. The Morgan fingerprint density at radius 2 is 2.05 bits per heavy atom. The molecule has 1 aromatic rings. The van der Waals surface area contributed by atoms with Gasteiger partial charge < -0.3 is 19.9 Å². The van der Waals surface area contributed by atoms with Crippen molar-refractivity contribution in [3.63, 3.8) is 0 Å². The molecule has 1 heterocycles. The van der Waals surface area contributed by atoms with Crippen LogP contribution in [-0.2, 0) is 6.54 Å². The molecule has 1 aliphatic rings. The first-order valence-corrected chi connectivity index (χ1v) is 7.44. The lowest BCUT2D eigenvalue weighted by Crippen LogP contribution is -2.34. The summed E-state index contributed by atoms with van der Waals surface area (Å²) in [6.07, 6.45) is 1.69. The number of para-hydroxylation sites is 1. The van der Waals surface area contributed by atoms with Crippen LogP contribution in [0.4, 0.5) is 0 Å². The number of hydrogen-bond acceptors (Lipinski definition) is 4. The Morgan fingerprint density at radius 3 is 2.80 bits per heavy atom. The minimum absolute atomic E-state index is 0.211. The largest absolute Gasteiger partial charge is 0.490 e. The maximum Gasteiger partial charge on any atom is 0.165 e. The molecule has 1 aromatic carbocycles. The summed E-state index contributed by atoms with van der Waals surface area (Å²) in [6.45, 7) is 6.69. The van der Waals surface area contributed by atoms with Crippen LogP contribution in [0.15, 0.2) is 18.2 Å². The van der Waals surface area contributed by atoms with Gasteiger partial charge in [0.05, 0.1) is 13.2 Å². The van der Waals surface area contributed by atoms with Crippen molar-refractivity contribution in [3.8, 4) is 11.5 Å². The van der Waals surface area contributed by atoms with E-state index in [-0.39, 0.29) is 6.61 Å². The van der Waals surface area contributed by atoms with Gasteiger partial charge in [0.2, 0.25) is 0 Å². The van der Waals surface area contributed by atoms with Crippen LogP contribution < -0.4 is 14.8 Å². The fourth-order valence-corrected chi connectivity index (χ4v) is 2.44. The Kier molecular flexibility index (Phi) is 5.68. The molecule has 1 aliphatic heterocycles. The molecule has 1 unspecified atom stereocenters. The summed E-state index contributed by atoms with van der Waals surface area (Å²) in [5, 5.41) is 12.6. The number of fused-ring (bicyclic) bond motifs is 1. The summed E-state index contributed by atoms with van der Waals surface area (Å²) in [7, 11) is 0. The molecule has 0 radical (unpaired) electrons. The zero-order valence-corrected chi connectivity index (χ0v) is 12.4. The summed E-state index contributed by atoms with van der Waals surface area (Å²) in [5.41, 5.74) is 1.12. The normalized spacial score (nSPS) is 16.0. The van der Waals surface area contributed by atoms with Crippen LogP contribution in [0, 0.1) is 5.92 Å². The molecular formula is C16H25NO3. The van der Waals surface area contributed by atoms with E-state index in [2.05, 4.69) is 25.2 Å². The van der Waals surface area contributed by atoms with Crippen LogP contribution in [0.5, 0.6) is 11.5 Å². The number of ether oxygens (including phenoxy) is 2. The quantitative estimate of drug-likeness (QED) is 0.839. The van der Waals surface area contributed by atoms with E-state index in [1.807, 2.05) is 12.1 Å². The smallest absolute Gasteiger partial charge is 0.165 e. The minimum atomic E-state index is 0.211. The number of rotatable bonds is 6. The van der Waals surface area contributed by atoms with E-state index >= 15 is 0 Å². The molecule has 4 nitrogen and oxygen atoms in total. The number of benzene rings is 1. The zero-order chi connectivity index (χ0) is 14.4. The minimum Gasteiger partial charge on any atom is -0.490 e. The second-order valence-electron chi connectivity index (χ2n) is 5.54. The maximum absolute atomic E-state index is 9.13. The Morgan fingerprint density at radius 1 is 1.25 bits per heavy atom. The van der Waals surface area contributed by atoms with E-state index in [4.69, 9.17) is 14.6 Å². The van der Waals surface area contributed by atoms with Crippen LogP contribution in [0.1, 0.15) is 32.3 Å². The van der Waals surface area contributed by atoms with E-state index in [1.165, 1.54) is 0 Å². The van der Waals surface area contributed by atoms with Crippen LogP contribution in [0.3, 0.4) is 0 Å². The van der Waals surface area contributed by atoms with Gasteiger partial charge in [0.1, 0.15) is 0 Å². The summed E-state index contributed by atoms with van der Waals surface area (Å²) in [5.74, 6) is 2.19. The van der Waals surface area contributed by atoms with Crippen molar-refractivity contribution in [1.29, 1.82) is 0 Å². The molecule has 1 atom stereocenters. The lowest BCUT2D eigenvalue weighted by Gasteiger charge is -2.22. The van der Waals surface area contributed by atoms with Gasteiger partial charge in [-0.25, -0.2) is 0 Å². The number of aliphatic hydroxyl groups is 1. The predicted octanol–water partition coefficient (Wildman–Crippen LogP) is 2.34. The average molecular weight is 279 g/mol. The van der Waals surface area contributed by atoms with Gasteiger partial charge in [-0.15, -0.1) is 0 Å². The van der Waals surface area contributed by atoms with Gasteiger partial charge in [0.15, 0.2) is 11.5 Å². The second kappa shape index (κ2) is 7.50. The molecular weight excluding hydrogens is 254 g/mol. The van der Waals surface area contributed by atoms with Crippen LogP contribution in [0.2, 0.25) is 0 Å². The van der Waals surface area contributed by atoms with Gasteiger partial charge in [-0.2, -0.15) is 0 Å². The lowest BCUT2D eigenvalue weighted by molar-refractivity contribution is 0.243. The number of hydrogen-bond donors (Lipinski definition) is 2. The highest BCUT2D eigenvalue weighted by atomic mass is 16.5. The van der Waals surface area contributed by atoms with Crippen LogP contribution in [0.25, 0.3) is 0 Å². The Hall–Kier alpha value is -1.26. The molecule has 0 spiro atoms. The Balaban J connectivity index is 2.05. The van der Waals surface area contributed by atoms with Crippen molar-refractivity contribution >= 4 is 0 Å². The first-order valence-electron chi connectivity index (χ1n) is 7.44. The summed E-state index contributed by atoms with van der Waals surface area (Å²) >= 11 is 0. The van der Waals surface area contributed by atoms with Crippen molar-refractivity contribution in [2.45, 2.75) is 39.3 Å². The molecule has 20 heavy (non-hydrogen) atoms. The van der Waals surface area contributed by atoms with Crippen molar-refractivity contribution in [1.82, 2.24) is 5.32 Å². The van der Waals surface area contributed by atoms with E-state index in [0.717, 1.165) is 36.4 Å². The molecule has 0 saturated carbocycles. The van der Waals surface area contributed by atoms with Gasteiger partial charge >= 0.3 is 0 Å². The van der Waals surface area contributed by atoms with Crippen molar-refractivity contribution in [2.75, 3.05) is 19.8 Å². The third kappa shape index (κ3) is 3.87. The highest BCUT2D eigenvalue weighted by Crippen LogP contribution is 2.33. The highest BCUT2D eigenvalue weighted by molar-refractivity contribution is 5.47. The SMILES string of the molecule is CC(C)C(CCO)NCc1cccc2c1OCCCO2. The summed E-state index contributed by atoms with van der Waals surface area (Å²) in [4.78, 5) is 0. The molecule has 0 bridgehead atoms. The second-order valence-corrected chi connectivity index (χ2v) is 5.54. The Labute approximate surface area is 121 Å². The van der Waals surface area contributed by atoms with E-state index < -0.39 is 0 Å². The molecule has 0 aliphatic carbocycles. The molecule has 0 fully saturated rings. The molecule has 0 amide bonds. The monoisotopic (exact) mass is 279 g/mol. The van der Waals surface area contributed by atoms with Gasteiger partial charge in [0.25, 0.3) is 0 Å². The molecule has 4 heteroatoms. The van der Waals surface area contributed by atoms with Crippen LogP contribution in [-0.4, -0.2) is 31.0 Å². The zero-order valence-electron chi connectivity index (χ0n) is 12.4. The first kappa shape index (κ1) is 15.1. The van der Waals surface area contributed by atoms with Crippen molar-refractivity contribution in [3.05, 3.63) is 23.8 Å². The fraction of sp³-hybridized carbons (Fsp3) is 0.625. The molecule has 112 valence electrons.